The summed E-state index contributed by atoms with van der Waals surface area (Å²) >= 11 is 3.43. The Kier molecular flexibility index (Phi) is 4.47. The molecule has 0 unspecified atom stereocenters. The number of carbonyl (C=O) groups is 2. The van der Waals surface area contributed by atoms with Crippen LogP contribution in [0.3, 0.4) is 0 Å². The lowest BCUT2D eigenvalue weighted by Gasteiger charge is -2.12. The topological polar surface area (TPSA) is 71.3 Å². The third kappa shape index (κ3) is 3.52. The Morgan fingerprint density at radius 2 is 2.05 bits per heavy atom. The number of nitrogens with zero attached hydrogens (tertiary/aromatic N) is 1. The maximum absolute atomic E-state index is 12.1. The highest BCUT2D eigenvalue weighted by Gasteiger charge is 2.13. The van der Waals surface area contributed by atoms with Gasteiger partial charge in [0.25, 0.3) is 0 Å². The predicted molar refractivity (Wildman–Crippen MR) is 83.6 cm³/mol. The van der Waals surface area contributed by atoms with E-state index in [1.165, 1.54) is 10.6 Å². The van der Waals surface area contributed by atoms with E-state index in [1.807, 2.05) is 26.0 Å². The zero-order valence-electron chi connectivity index (χ0n) is 11.7. The molecule has 2 aromatic rings. The molecule has 2 N–H and O–H groups in total. The number of benzene rings is 1. The van der Waals surface area contributed by atoms with Gasteiger partial charge in [-0.3, -0.25) is 4.79 Å². The number of carboxylic acid groups (broad SMARTS) is 1. The second kappa shape index (κ2) is 6.13. The van der Waals surface area contributed by atoms with E-state index < -0.39 is 5.97 Å². The Balaban J connectivity index is 2.16. The van der Waals surface area contributed by atoms with E-state index in [0.717, 1.165) is 15.6 Å². The number of aromatic nitrogens is 1. The van der Waals surface area contributed by atoms with Gasteiger partial charge in [-0.15, -0.1) is 0 Å². The number of nitrogens with one attached hydrogen (secondary N) is 1. The molecule has 2 rings (SSSR count). The highest BCUT2D eigenvalue weighted by molar-refractivity contribution is 9.10. The molecule has 21 heavy (non-hydrogen) atoms. The smallest absolute Gasteiger partial charge is 0.352 e. The first-order chi connectivity index (χ1) is 9.88. The SMILES string of the molecule is Cc1cc(C)c(NC(=O)Cn2cccc2C(=O)O)c(Br)c1. The number of carbonyl (C=O) groups excluding carboxylic acids is 1. The first-order valence-electron chi connectivity index (χ1n) is 6.33. The lowest BCUT2D eigenvalue weighted by atomic mass is 10.1. The first-order valence-corrected chi connectivity index (χ1v) is 7.13. The summed E-state index contributed by atoms with van der Waals surface area (Å²) < 4.78 is 2.20. The fourth-order valence-electron chi connectivity index (χ4n) is 2.15. The van der Waals surface area contributed by atoms with E-state index in [2.05, 4.69) is 21.2 Å². The van der Waals surface area contributed by atoms with Crippen LogP contribution in [0.5, 0.6) is 0 Å². The third-order valence-electron chi connectivity index (χ3n) is 3.06. The molecular weight excluding hydrogens is 336 g/mol. The normalized spacial score (nSPS) is 10.4. The Bertz CT molecular complexity index is 684. The standard InChI is InChI=1S/C15H15BrN2O3/c1-9-6-10(2)14(11(16)7-9)17-13(19)8-18-5-3-4-12(18)15(20)21/h3-7H,8H2,1-2H3,(H,17,19)(H,20,21). The fraction of sp³-hybridized carbons (Fsp3) is 0.200. The van der Waals surface area contributed by atoms with Crippen molar-refractivity contribution in [2.24, 2.45) is 0 Å². The molecule has 0 bridgehead atoms. The Hall–Kier alpha value is -2.08. The van der Waals surface area contributed by atoms with Gasteiger partial charge >= 0.3 is 5.97 Å². The largest absolute Gasteiger partial charge is 0.477 e. The molecule has 0 radical (unpaired) electrons. The average molecular weight is 351 g/mol. The first kappa shape index (κ1) is 15.3. The van der Waals surface area contributed by atoms with Crippen molar-refractivity contribution in [2.45, 2.75) is 20.4 Å². The highest BCUT2D eigenvalue weighted by Crippen LogP contribution is 2.27. The molecule has 6 heteroatoms. The van der Waals surface area contributed by atoms with Crippen LogP contribution in [0.2, 0.25) is 0 Å². The molecule has 1 aromatic carbocycles. The molecule has 0 aliphatic heterocycles. The van der Waals surface area contributed by atoms with Crippen LogP contribution in [0.15, 0.2) is 34.9 Å². The maximum Gasteiger partial charge on any atom is 0.352 e. The van der Waals surface area contributed by atoms with Crippen molar-refractivity contribution >= 4 is 33.5 Å². The monoisotopic (exact) mass is 350 g/mol. The van der Waals surface area contributed by atoms with Gasteiger partial charge in [0.1, 0.15) is 12.2 Å². The minimum atomic E-state index is -1.06. The van der Waals surface area contributed by atoms with Crippen LogP contribution in [0, 0.1) is 13.8 Å². The number of aromatic carboxylic acids is 1. The zero-order valence-corrected chi connectivity index (χ0v) is 13.3. The van der Waals surface area contributed by atoms with Crippen molar-refractivity contribution in [3.63, 3.8) is 0 Å². The predicted octanol–water partition coefficient (Wildman–Crippen LogP) is 3.20. The van der Waals surface area contributed by atoms with E-state index >= 15 is 0 Å². The second-order valence-corrected chi connectivity index (χ2v) is 5.67. The van der Waals surface area contributed by atoms with Crippen molar-refractivity contribution in [1.29, 1.82) is 0 Å². The van der Waals surface area contributed by atoms with Gasteiger partial charge in [0.2, 0.25) is 5.91 Å². The molecule has 0 fully saturated rings. The minimum absolute atomic E-state index is 0.0472. The van der Waals surface area contributed by atoms with Crippen molar-refractivity contribution < 1.29 is 14.7 Å². The number of anilines is 1. The number of carboxylic acids is 1. The summed E-state index contributed by atoms with van der Waals surface area (Å²) in [5.74, 6) is -1.33. The van der Waals surface area contributed by atoms with E-state index in [4.69, 9.17) is 5.11 Å². The molecule has 0 saturated heterocycles. The van der Waals surface area contributed by atoms with E-state index in [9.17, 15) is 9.59 Å². The van der Waals surface area contributed by atoms with Crippen LogP contribution in [0.1, 0.15) is 21.6 Å². The van der Waals surface area contributed by atoms with Crippen molar-refractivity contribution in [2.75, 3.05) is 5.32 Å². The Labute approximate surface area is 130 Å². The lowest BCUT2D eigenvalue weighted by Crippen LogP contribution is -2.21. The Morgan fingerprint density at radius 3 is 2.67 bits per heavy atom. The molecule has 1 heterocycles. The van der Waals surface area contributed by atoms with Gasteiger partial charge in [-0.05, 0) is 59.1 Å². The highest BCUT2D eigenvalue weighted by atomic mass is 79.9. The van der Waals surface area contributed by atoms with Crippen molar-refractivity contribution in [1.82, 2.24) is 4.57 Å². The Morgan fingerprint density at radius 1 is 1.33 bits per heavy atom. The molecule has 1 aromatic heterocycles. The van der Waals surface area contributed by atoms with Crippen LogP contribution in [-0.2, 0) is 11.3 Å². The summed E-state index contributed by atoms with van der Waals surface area (Å²) in [6.07, 6.45) is 1.57. The summed E-state index contributed by atoms with van der Waals surface area (Å²) in [7, 11) is 0. The molecule has 0 aliphatic rings. The van der Waals surface area contributed by atoms with Crippen LogP contribution in [0.4, 0.5) is 5.69 Å². The molecule has 0 aliphatic carbocycles. The molecular formula is C15H15BrN2O3. The van der Waals surface area contributed by atoms with Gasteiger partial charge < -0.3 is 15.0 Å². The van der Waals surface area contributed by atoms with Crippen LogP contribution < -0.4 is 5.32 Å². The molecule has 0 atom stereocenters. The zero-order chi connectivity index (χ0) is 15.6. The second-order valence-electron chi connectivity index (χ2n) is 4.81. The van der Waals surface area contributed by atoms with Crippen LogP contribution in [-0.4, -0.2) is 21.6 Å². The van der Waals surface area contributed by atoms with Gasteiger partial charge in [0.05, 0.1) is 5.69 Å². The molecule has 0 spiro atoms. The third-order valence-corrected chi connectivity index (χ3v) is 3.68. The number of amides is 1. The summed E-state index contributed by atoms with van der Waals surface area (Å²) in [6.45, 7) is 3.84. The van der Waals surface area contributed by atoms with Crippen molar-refractivity contribution in [3.8, 4) is 0 Å². The molecule has 110 valence electrons. The minimum Gasteiger partial charge on any atom is -0.477 e. The van der Waals surface area contributed by atoms with Crippen LogP contribution >= 0.6 is 15.9 Å². The molecule has 5 nitrogen and oxygen atoms in total. The number of hydrogen-bond donors (Lipinski definition) is 2. The maximum atomic E-state index is 12.1. The average Bonchev–Trinajstić information content (AvgIpc) is 2.82. The number of rotatable bonds is 4. The number of hydrogen-bond acceptors (Lipinski definition) is 2. The van der Waals surface area contributed by atoms with Gasteiger partial charge in [0, 0.05) is 10.7 Å². The van der Waals surface area contributed by atoms with Crippen LogP contribution in [0.25, 0.3) is 0 Å². The van der Waals surface area contributed by atoms with E-state index in [-0.39, 0.29) is 18.1 Å². The van der Waals surface area contributed by atoms with Gasteiger partial charge in [-0.1, -0.05) is 6.07 Å². The van der Waals surface area contributed by atoms with Gasteiger partial charge in [-0.25, -0.2) is 4.79 Å². The van der Waals surface area contributed by atoms with Gasteiger partial charge in [-0.2, -0.15) is 0 Å². The number of halogens is 1. The van der Waals surface area contributed by atoms with Gasteiger partial charge in [0.15, 0.2) is 0 Å². The summed E-state index contributed by atoms with van der Waals surface area (Å²) in [5, 5.41) is 11.8. The lowest BCUT2D eigenvalue weighted by molar-refractivity contribution is -0.116. The van der Waals surface area contributed by atoms with E-state index in [0.29, 0.717) is 5.69 Å². The number of aryl methyl sites for hydroxylation is 2. The van der Waals surface area contributed by atoms with E-state index in [1.54, 1.807) is 12.3 Å². The summed E-state index contributed by atoms with van der Waals surface area (Å²) in [6, 6.07) is 6.95. The molecule has 0 saturated carbocycles. The summed E-state index contributed by atoms with van der Waals surface area (Å²) in [5.41, 5.74) is 2.83. The molecule has 1 amide bonds. The summed E-state index contributed by atoms with van der Waals surface area (Å²) in [4.78, 5) is 23.1. The fourth-order valence-corrected chi connectivity index (χ4v) is 2.93. The van der Waals surface area contributed by atoms with Crippen molar-refractivity contribution in [3.05, 3.63) is 51.8 Å². The quantitative estimate of drug-likeness (QED) is 0.889.